The Balaban J connectivity index is 1.46. The van der Waals surface area contributed by atoms with E-state index in [0.717, 1.165) is 49.9 Å². The second-order valence-corrected chi connectivity index (χ2v) is 5.65. The van der Waals surface area contributed by atoms with Crippen LogP contribution in [-0.2, 0) is 0 Å². The van der Waals surface area contributed by atoms with Crippen LogP contribution in [0.15, 0.2) is 36.7 Å². The molecule has 1 aromatic heterocycles. The number of aromatic nitrogens is 2. The van der Waals surface area contributed by atoms with Crippen LogP contribution in [0.2, 0.25) is 0 Å². The molecule has 2 aromatic rings. The average Bonchev–Trinajstić information content (AvgIpc) is 2.69. The lowest BCUT2D eigenvalue weighted by Crippen LogP contribution is -2.44. The Morgan fingerprint density at radius 1 is 1.04 bits per heavy atom. The van der Waals surface area contributed by atoms with Gasteiger partial charge in [-0.05, 0) is 12.1 Å². The van der Waals surface area contributed by atoms with Gasteiger partial charge in [0.2, 0.25) is 0 Å². The molecule has 1 aliphatic rings. The maximum absolute atomic E-state index is 5.83. The van der Waals surface area contributed by atoms with Gasteiger partial charge in [0.05, 0.1) is 20.3 Å². The van der Waals surface area contributed by atoms with Crippen LogP contribution >= 0.6 is 0 Å². The largest absolute Gasteiger partial charge is 0.497 e. The van der Waals surface area contributed by atoms with Crippen LogP contribution < -0.4 is 24.4 Å². The van der Waals surface area contributed by atoms with Crippen molar-refractivity contribution in [3.8, 4) is 17.4 Å². The molecule has 7 nitrogen and oxygen atoms in total. The van der Waals surface area contributed by atoms with Crippen LogP contribution in [0.4, 0.5) is 5.82 Å². The highest BCUT2D eigenvalue weighted by molar-refractivity contribution is 5.48. The normalized spacial score (nSPS) is 14.2. The standard InChI is InChI=1S/C18H24N4O3/c1-23-15-4-2-5-16(14-15)24-12-3-13-25-18-17(20-6-7-21-18)22-10-8-19-9-11-22/h2,4-7,14,19H,3,8-13H2,1H3. The van der Waals surface area contributed by atoms with Gasteiger partial charge in [-0.3, -0.25) is 0 Å². The molecule has 1 saturated heterocycles. The minimum absolute atomic E-state index is 0.530. The van der Waals surface area contributed by atoms with Gasteiger partial charge in [0.15, 0.2) is 5.82 Å². The second-order valence-electron chi connectivity index (χ2n) is 5.65. The van der Waals surface area contributed by atoms with Crippen molar-refractivity contribution < 1.29 is 14.2 Å². The van der Waals surface area contributed by atoms with E-state index in [1.54, 1.807) is 19.5 Å². The highest BCUT2D eigenvalue weighted by atomic mass is 16.5. The van der Waals surface area contributed by atoms with Crippen LogP contribution in [0, 0.1) is 0 Å². The van der Waals surface area contributed by atoms with E-state index in [9.17, 15) is 0 Å². The fourth-order valence-corrected chi connectivity index (χ4v) is 2.62. The molecule has 0 radical (unpaired) electrons. The van der Waals surface area contributed by atoms with Crippen LogP contribution in [-0.4, -0.2) is 56.5 Å². The van der Waals surface area contributed by atoms with Crippen LogP contribution in [0.25, 0.3) is 0 Å². The molecule has 0 atom stereocenters. The van der Waals surface area contributed by atoms with E-state index in [4.69, 9.17) is 14.2 Å². The van der Waals surface area contributed by atoms with Crippen molar-refractivity contribution in [2.45, 2.75) is 6.42 Å². The molecule has 0 spiro atoms. The number of hydrogen-bond donors (Lipinski definition) is 1. The lowest BCUT2D eigenvalue weighted by atomic mass is 10.3. The molecule has 25 heavy (non-hydrogen) atoms. The first-order valence-corrected chi connectivity index (χ1v) is 8.53. The molecule has 7 heteroatoms. The number of hydrogen-bond acceptors (Lipinski definition) is 7. The number of rotatable bonds is 8. The zero-order valence-corrected chi connectivity index (χ0v) is 14.5. The highest BCUT2D eigenvalue weighted by Crippen LogP contribution is 2.23. The van der Waals surface area contributed by atoms with Crippen LogP contribution in [0.1, 0.15) is 6.42 Å². The summed E-state index contributed by atoms with van der Waals surface area (Å²) in [6, 6.07) is 7.58. The molecule has 0 aliphatic carbocycles. The van der Waals surface area contributed by atoms with Gasteiger partial charge < -0.3 is 24.4 Å². The monoisotopic (exact) mass is 344 g/mol. The van der Waals surface area contributed by atoms with E-state index in [0.29, 0.717) is 19.1 Å². The third-order valence-corrected chi connectivity index (χ3v) is 3.90. The fourth-order valence-electron chi connectivity index (χ4n) is 2.62. The van der Waals surface area contributed by atoms with Gasteiger partial charge in [-0.2, -0.15) is 0 Å². The quantitative estimate of drug-likeness (QED) is 0.732. The molecule has 0 amide bonds. The van der Waals surface area contributed by atoms with Crippen molar-refractivity contribution in [3.05, 3.63) is 36.7 Å². The van der Waals surface area contributed by atoms with Crippen molar-refractivity contribution in [3.63, 3.8) is 0 Å². The Morgan fingerprint density at radius 3 is 2.64 bits per heavy atom. The van der Waals surface area contributed by atoms with Crippen molar-refractivity contribution in [1.29, 1.82) is 0 Å². The number of ether oxygens (including phenoxy) is 3. The van der Waals surface area contributed by atoms with Crippen molar-refractivity contribution in [2.24, 2.45) is 0 Å². The molecule has 0 unspecified atom stereocenters. The number of piperazine rings is 1. The molecule has 134 valence electrons. The third-order valence-electron chi connectivity index (χ3n) is 3.90. The Kier molecular flexibility index (Phi) is 6.28. The number of nitrogens with zero attached hydrogens (tertiary/aromatic N) is 3. The maximum atomic E-state index is 5.83. The zero-order chi connectivity index (χ0) is 17.3. The van der Waals surface area contributed by atoms with Crippen molar-refractivity contribution in [2.75, 3.05) is 51.4 Å². The predicted octanol–water partition coefficient (Wildman–Crippen LogP) is 1.74. The zero-order valence-electron chi connectivity index (χ0n) is 14.5. The van der Waals surface area contributed by atoms with E-state index in [1.165, 1.54) is 0 Å². The number of nitrogens with one attached hydrogen (secondary N) is 1. The summed E-state index contributed by atoms with van der Waals surface area (Å²) in [6.45, 7) is 4.81. The van der Waals surface area contributed by atoms with Crippen molar-refractivity contribution in [1.82, 2.24) is 15.3 Å². The Labute approximate surface area is 147 Å². The number of methoxy groups -OCH3 is 1. The van der Waals surface area contributed by atoms with E-state index in [-0.39, 0.29) is 0 Å². The molecule has 0 bridgehead atoms. The first kappa shape index (κ1) is 17.3. The Bertz CT molecular complexity index is 662. The molecule has 3 rings (SSSR count). The van der Waals surface area contributed by atoms with Gasteiger partial charge >= 0.3 is 0 Å². The topological polar surface area (TPSA) is 68.7 Å². The van der Waals surface area contributed by atoms with E-state index >= 15 is 0 Å². The second kappa shape index (κ2) is 9.08. The summed E-state index contributed by atoms with van der Waals surface area (Å²) in [5.74, 6) is 2.98. The fraction of sp³-hybridized carbons (Fsp3) is 0.444. The minimum Gasteiger partial charge on any atom is -0.497 e. The maximum Gasteiger partial charge on any atom is 0.257 e. The summed E-state index contributed by atoms with van der Waals surface area (Å²) >= 11 is 0. The first-order valence-electron chi connectivity index (χ1n) is 8.53. The molecule has 1 aromatic carbocycles. The van der Waals surface area contributed by atoms with Crippen molar-refractivity contribution >= 4 is 5.82 Å². The summed E-state index contributed by atoms with van der Waals surface area (Å²) in [6.07, 6.45) is 4.12. The first-order chi connectivity index (χ1) is 12.4. The van der Waals surface area contributed by atoms with E-state index in [1.807, 2.05) is 24.3 Å². The average molecular weight is 344 g/mol. The summed E-state index contributed by atoms with van der Waals surface area (Å²) in [5, 5.41) is 3.33. The molecule has 1 N–H and O–H groups in total. The summed E-state index contributed by atoms with van der Waals surface area (Å²) in [4.78, 5) is 11.0. The molecular weight excluding hydrogens is 320 g/mol. The van der Waals surface area contributed by atoms with Gasteiger partial charge in [-0.1, -0.05) is 6.07 Å². The van der Waals surface area contributed by atoms with Gasteiger partial charge in [-0.15, -0.1) is 0 Å². The Hall–Kier alpha value is -2.54. The molecule has 2 heterocycles. The summed E-state index contributed by atoms with van der Waals surface area (Å²) < 4.78 is 16.7. The third kappa shape index (κ3) is 4.96. The molecule has 0 saturated carbocycles. The Morgan fingerprint density at radius 2 is 1.80 bits per heavy atom. The van der Waals surface area contributed by atoms with E-state index < -0.39 is 0 Å². The summed E-state index contributed by atoms with van der Waals surface area (Å²) in [5.41, 5.74) is 0. The van der Waals surface area contributed by atoms with Crippen LogP contribution in [0.5, 0.6) is 17.4 Å². The highest BCUT2D eigenvalue weighted by Gasteiger charge is 2.17. The number of anilines is 1. The lowest BCUT2D eigenvalue weighted by molar-refractivity contribution is 0.241. The lowest BCUT2D eigenvalue weighted by Gasteiger charge is -2.28. The molecule has 1 fully saturated rings. The minimum atomic E-state index is 0.530. The van der Waals surface area contributed by atoms with Gasteiger partial charge in [0.25, 0.3) is 5.88 Å². The summed E-state index contributed by atoms with van der Waals surface area (Å²) in [7, 11) is 1.64. The molecule has 1 aliphatic heterocycles. The van der Waals surface area contributed by atoms with Crippen LogP contribution in [0.3, 0.4) is 0 Å². The SMILES string of the molecule is COc1cccc(OCCCOc2nccnc2N2CCNCC2)c1. The van der Waals surface area contributed by atoms with Gasteiger partial charge in [0.1, 0.15) is 11.5 Å². The van der Waals surface area contributed by atoms with Gasteiger partial charge in [-0.25, -0.2) is 9.97 Å². The smallest absolute Gasteiger partial charge is 0.257 e. The van der Waals surface area contributed by atoms with Gasteiger partial charge in [0, 0.05) is 51.1 Å². The number of benzene rings is 1. The predicted molar refractivity (Wildman–Crippen MR) is 95.7 cm³/mol. The van der Waals surface area contributed by atoms with E-state index in [2.05, 4.69) is 20.2 Å². The molecular formula is C18H24N4O3.